The zero-order valence-electron chi connectivity index (χ0n) is 9.62. The van der Waals surface area contributed by atoms with Gasteiger partial charge in [-0.3, -0.25) is 4.68 Å². The molecule has 0 amide bonds. The molecule has 0 spiro atoms. The number of nitrogen functional groups attached to an aromatic ring is 1. The molecule has 0 aliphatic rings. The van der Waals surface area contributed by atoms with Crippen molar-refractivity contribution in [1.29, 1.82) is 0 Å². The third-order valence-corrected chi connectivity index (χ3v) is 2.75. The van der Waals surface area contributed by atoms with Gasteiger partial charge in [0.15, 0.2) is 5.82 Å². The second kappa shape index (κ2) is 3.31. The molecule has 0 saturated carbocycles. The fourth-order valence-corrected chi connectivity index (χ4v) is 1.76. The molecule has 0 aliphatic carbocycles. The summed E-state index contributed by atoms with van der Waals surface area (Å²) in [5.74, 6) is 1.18. The molecule has 3 aromatic heterocycles. The molecule has 0 aromatic carbocycles. The van der Waals surface area contributed by atoms with E-state index < -0.39 is 0 Å². The number of aryl methyl sites for hydroxylation is 2. The van der Waals surface area contributed by atoms with Crippen molar-refractivity contribution in [1.82, 2.24) is 24.3 Å². The normalized spacial score (nSPS) is 11.2. The van der Waals surface area contributed by atoms with Gasteiger partial charge in [0.2, 0.25) is 0 Å². The maximum atomic E-state index is 5.74. The number of hydrogen-bond acceptors (Lipinski definition) is 4. The third kappa shape index (κ3) is 1.45. The van der Waals surface area contributed by atoms with Crippen molar-refractivity contribution in [2.24, 2.45) is 14.1 Å². The summed E-state index contributed by atoms with van der Waals surface area (Å²) in [6, 6.07) is 3.75. The number of nitrogens with two attached hydrogens (primary N) is 1. The van der Waals surface area contributed by atoms with E-state index in [1.54, 1.807) is 24.0 Å². The van der Waals surface area contributed by atoms with Crippen LogP contribution in [-0.4, -0.2) is 24.3 Å². The molecule has 0 radical (unpaired) electrons. The predicted molar refractivity (Wildman–Crippen MR) is 65.1 cm³/mol. The maximum absolute atomic E-state index is 5.74. The summed E-state index contributed by atoms with van der Waals surface area (Å²) >= 11 is 0. The van der Waals surface area contributed by atoms with E-state index in [1.807, 2.05) is 23.9 Å². The van der Waals surface area contributed by atoms with Gasteiger partial charge in [-0.05, 0) is 6.07 Å². The molecule has 0 fully saturated rings. The molecule has 3 rings (SSSR count). The van der Waals surface area contributed by atoms with Gasteiger partial charge >= 0.3 is 0 Å². The van der Waals surface area contributed by atoms with Crippen LogP contribution in [0.3, 0.4) is 0 Å². The molecule has 0 saturated heterocycles. The number of fused-ring (bicyclic) bond motifs is 1. The molecular weight excluding hydrogens is 216 g/mol. The standard InChI is InChI=1S/C11H12N6/c1-16-4-3-7-6-13-10(14-11(7)16)8-5-9(12)17(2)15-8/h3-6H,12H2,1-2H3. The highest BCUT2D eigenvalue weighted by Gasteiger charge is 2.09. The predicted octanol–water partition coefficient (Wildman–Crippen LogP) is 0.951. The van der Waals surface area contributed by atoms with Crippen molar-refractivity contribution in [3.05, 3.63) is 24.5 Å². The van der Waals surface area contributed by atoms with Gasteiger partial charge in [0, 0.05) is 37.9 Å². The smallest absolute Gasteiger partial charge is 0.182 e. The molecular formula is C11H12N6. The zero-order chi connectivity index (χ0) is 12.0. The number of aromatic nitrogens is 5. The molecule has 0 unspecified atom stereocenters. The summed E-state index contributed by atoms with van der Waals surface area (Å²) in [6.45, 7) is 0. The zero-order valence-corrected chi connectivity index (χ0v) is 9.62. The number of hydrogen-bond donors (Lipinski definition) is 1. The van der Waals surface area contributed by atoms with Crippen molar-refractivity contribution >= 4 is 16.9 Å². The quantitative estimate of drug-likeness (QED) is 0.673. The highest BCUT2D eigenvalue weighted by molar-refractivity contribution is 5.77. The van der Waals surface area contributed by atoms with Crippen molar-refractivity contribution in [3.63, 3.8) is 0 Å². The highest BCUT2D eigenvalue weighted by Crippen LogP contribution is 2.18. The second-order valence-corrected chi connectivity index (χ2v) is 3.98. The van der Waals surface area contributed by atoms with E-state index in [4.69, 9.17) is 5.73 Å². The van der Waals surface area contributed by atoms with Crippen molar-refractivity contribution in [2.45, 2.75) is 0 Å². The lowest BCUT2D eigenvalue weighted by Crippen LogP contribution is -1.97. The Hall–Kier alpha value is -2.37. The second-order valence-electron chi connectivity index (χ2n) is 3.98. The maximum Gasteiger partial charge on any atom is 0.182 e. The van der Waals surface area contributed by atoms with Crippen LogP contribution in [0, 0.1) is 0 Å². The third-order valence-electron chi connectivity index (χ3n) is 2.75. The minimum atomic E-state index is 0.589. The SMILES string of the molecule is Cn1nc(-c2ncc3ccn(C)c3n2)cc1N. The van der Waals surface area contributed by atoms with E-state index in [-0.39, 0.29) is 0 Å². The van der Waals surface area contributed by atoms with E-state index in [0.717, 1.165) is 11.0 Å². The summed E-state index contributed by atoms with van der Waals surface area (Å²) in [4.78, 5) is 8.77. The van der Waals surface area contributed by atoms with Gasteiger partial charge in [0.1, 0.15) is 17.2 Å². The molecule has 0 atom stereocenters. The van der Waals surface area contributed by atoms with Gasteiger partial charge in [-0.1, -0.05) is 0 Å². The molecule has 17 heavy (non-hydrogen) atoms. The molecule has 6 nitrogen and oxygen atoms in total. The van der Waals surface area contributed by atoms with E-state index in [9.17, 15) is 0 Å². The lowest BCUT2D eigenvalue weighted by Gasteiger charge is -1.97. The van der Waals surface area contributed by atoms with Crippen molar-refractivity contribution in [2.75, 3.05) is 5.73 Å². The van der Waals surface area contributed by atoms with E-state index in [1.165, 1.54) is 0 Å². The first kappa shape index (κ1) is 9.83. The minimum Gasteiger partial charge on any atom is -0.384 e. The number of rotatable bonds is 1. The lowest BCUT2D eigenvalue weighted by molar-refractivity contribution is 0.780. The van der Waals surface area contributed by atoms with E-state index >= 15 is 0 Å². The Balaban J connectivity index is 2.20. The van der Waals surface area contributed by atoms with Gasteiger partial charge in [-0.15, -0.1) is 0 Å². The van der Waals surface area contributed by atoms with Crippen LogP contribution in [0.5, 0.6) is 0 Å². The average Bonchev–Trinajstić information content (AvgIpc) is 2.84. The molecule has 86 valence electrons. The molecule has 3 aromatic rings. The molecule has 2 N–H and O–H groups in total. The molecule has 6 heteroatoms. The van der Waals surface area contributed by atoms with E-state index in [0.29, 0.717) is 17.3 Å². The molecule has 3 heterocycles. The van der Waals surface area contributed by atoms with Gasteiger partial charge < -0.3 is 10.3 Å². The summed E-state index contributed by atoms with van der Waals surface area (Å²) in [6.07, 6.45) is 3.75. The van der Waals surface area contributed by atoms with Crippen LogP contribution in [0.1, 0.15) is 0 Å². The Morgan fingerprint density at radius 2 is 2.12 bits per heavy atom. The Kier molecular flexibility index (Phi) is 1.91. The van der Waals surface area contributed by atoms with Crippen LogP contribution in [0.25, 0.3) is 22.6 Å². The van der Waals surface area contributed by atoms with Gasteiger partial charge in [-0.2, -0.15) is 5.10 Å². The fourth-order valence-electron chi connectivity index (χ4n) is 1.76. The number of nitrogens with zero attached hydrogens (tertiary/aromatic N) is 5. The first-order valence-electron chi connectivity index (χ1n) is 5.23. The van der Waals surface area contributed by atoms with Gasteiger partial charge in [0.25, 0.3) is 0 Å². The Morgan fingerprint density at radius 1 is 1.29 bits per heavy atom. The van der Waals surface area contributed by atoms with Crippen molar-refractivity contribution in [3.8, 4) is 11.5 Å². The first-order chi connectivity index (χ1) is 8.15. The molecule has 0 bridgehead atoms. The highest BCUT2D eigenvalue weighted by atomic mass is 15.3. The van der Waals surface area contributed by atoms with Crippen LogP contribution in [-0.2, 0) is 14.1 Å². The topological polar surface area (TPSA) is 74.5 Å². The monoisotopic (exact) mass is 228 g/mol. The summed E-state index contributed by atoms with van der Waals surface area (Å²) < 4.78 is 3.56. The Bertz CT molecular complexity index is 674. The summed E-state index contributed by atoms with van der Waals surface area (Å²) in [5.41, 5.74) is 7.32. The van der Waals surface area contributed by atoms with E-state index in [2.05, 4.69) is 15.1 Å². The first-order valence-corrected chi connectivity index (χ1v) is 5.23. The van der Waals surface area contributed by atoms with Crippen LogP contribution in [0.2, 0.25) is 0 Å². The average molecular weight is 228 g/mol. The van der Waals surface area contributed by atoms with Crippen molar-refractivity contribution < 1.29 is 0 Å². The lowest BCUT2D eigenvalue weighted by atomic mass is 10.3. The van der Waals surface area contributed by atoms with Gasteiger partial charge in [-0.25, -0.2) is 9.97 Å². The van der Waals surface area contributed by atoms with Gasteiger partial charge in [0.05, 0.1) is 0 Å². The van der Waals surface area contributed by atoms with Crippen LogP contribution in [0.15, 0.2) is 24.5 Å². The van der Waals surface area contributed by atoms with Crippen LogP contribution in [0.4, 0.5) is 5.82 Å². The largest absolute Gasteiger partial charge is 0.384 e. The number of anilines is 1. The minimum absolute atomic E-state index is 0.589. The van der Waals surface area contributed by atoms with Crippen LogP contribution >= 0.6 is 0 Å². The Labute approximate surface area is 97.7 Å². The Morgan fingerprint density at radius 3 is 2.82 bits per heavy atom. The fraction of sp³-hybridized carbons (Fsp3) is 0.182. The molecule has 0 aliphatic heterocycles. The summed E-state index contributed by atoms with van der Waals surface area (Å²) in [5, 5.41) is 5.27. The van der Waals surface area contributed by atoms with Crippen LogP contribution < -0.4 is 5.73 Å². The summed E-state index contributed by atoms with van der Waals surface area (Å²) in [7, 11) is 3.74.